The van der Waals surface area contributed by atoms with Gasteiger partial charge in [0.1, 0.15) is 12.4 Å². The van der Waals surface area contributed by atoms with Crippen LogP contribution in [0.3, 0.4) is 0 Å². The first-order valence-electron chi connectivity index (χ1n) is 7.31. The molecular weight excluding hydrogens is 317 g/mol. The van der Waals surface area contributed by atoms with E-state index in [1.165, 1.54) is 0 Å². The van der Waals surface area contributed by atoms with E-state index < -0.39 is 0 Å². The zero-order valence-corrected chi connectivity index (χ0v) is 14.6. The van der Waals surface area contributed by atoms with Crippen molar-refractivity contribution < 1.29 is 4.74 Å². The summed E-state index contributed by atoms with van der Waals surface area (Å²) < 4.78 is 5.94. The minimum atomic E-state index is 0. The van der Waals surface area contributed by atoms with Gasteiger partial charge in [-0.1, -0.05) is 55.8 Å². The lowest BCUT2D eigenvalue weighted by molar-refractivity contribution is 0.302. The highest BCUT2D eigenvalue weighted by Crippen LogP contribution is 2.24. The first-order chi connectivity index (χ1) is 10.1. The third kappa shape index (κ3) is 6.27. The summed E-state index contributed by atoms with van der Waals surface area (Å²) in [5.74, 6) is 1.51. The standard InChI is InChI=1S/C18H22ClNO.ClH/c1-14(2)11-20-12-16-10-17(19)8-9-18(16)21-13-15-6-4-3-5-7-15;/h3-10,14,20H,11-13H2,1-2H3;1H. The number of halogens is 2. The number of nitrogens with one attached hydrogen (secondary N) is 1. The Morgan fingerprint density at radius 3 is 2.50 bits per heavy atom. The van der Waals surface area contributed by atoms with Crippen LogP contribution in [0.5, 0.6) is 5.75 Å². The maximum Gasteiger partial charge on any atom is 0.124 e. The van der Waals surface area contributed by atoms with Crippen molar-refractivity contribution in [2.45, 2.75) is 27.0 Å². The molecule has 0 unspecified atom stereocenters. The molecule has 0 saturated heterocycles. The molecule has 0 bridgehead atoms. The summed E-state index contributed by atoms with van der Waals surface area (Å²) in [5, 5.41) is 4.17. The van der Waals surface area contributed by atoms with Gasteiger partial charge in [-0.2, -0.15) is 0 Å². The Labute approximate surface area is 144 Å². The fourth-order valence-electron chi connectivity index (χ4n) is 2.06. The molecule has 0 heterocycles. The van der Waals surface area contributed by atoms with E-state index in [0.717, 1.165) is 35.0 Å². The van der Waals surface area contributed by atoms with Crippen molar-refractivity contribution in [2.24, 2.45) is 5.92 Å². The lowest BCUT2D eigenvalue weighted by Crippen LogP contribution is -2.19. The smallest absolute Gasteiger partial charge is 0.124 e. The Hall–Kier alpha value is -1.22. The fraction of sp³-hybridized carbons (Fsp3) is 0.333. The van der Waals surface area contributed by atoms with Crippen LogP contribution in [0, 0.1) is 5.92 Å². The SMILES string of the molecule is CC(C)CNCc1cc(Cl)ccc1OCc1ccccc1.Cl. The second kappa shape index (κ2) is 9.73. The van der Waals surface area contributed by atoms with E-state index in [0.29, 0.717) is 12.5 Å². The van der Waals surface area contributed by atoms with Crippen molar-refractivity contribution in [3.8, 4) is 5.75 Å². The van der Waals surface area contributed by atoms with Gasteiger partial charge < -0.3 is 10.1 Å². The number of ether oxygens (including phenoxy) is 1. The zero-order valence-electron chi connectivity index (χ0n) is 13.0. The highest BCUT2D eigenvalue weighted by atomic mass is 35.5. The molecule has 0 spiro atoms. The molecule has 2 aromatic rings. The highest BCUT2D eigenvalue weighted by molar-refractivity contribution is 6.30. The quantitative estimate of drug-likeness (QED) is 0.758. The van der Waals surface area contributed by atoms with Crippen molar-refractivity contribution >= 4 is 24.0 Å². The van der Waals surface area contributed by atoms with Crippen molar-refractivity contribution in [2.75, 3.05) is 6.54 Å². The van der Waals surface area contributed by atoms with E-state index in [4.69, 9.17) is 16.3 Å². The number of rotatable bonds is 7. The maximum atomic E-state index is 6.09. The summed E-state index contributed by atoms with van der Waals surface area (Å²) in [6.07, 6.45) is 0. The maximum absolute atomic E-state index is 6.09. The van der Waals surface area contributed by atoms with Crippen molar-refractivity contribution in [3.63, 3.8) is 0 Å². The van der Waals surface area contributed by atoms with Gasteiger partial charge in [0.15, 0.2) is 0 Å². The third-order valence-corrected chi connectivity index (χ3v) is 3.36. The summed E-state index contributed by atoms with van der Waals surface area (Å²) in [7, 11) is 0. The molecule has 0 aliphatic rings. The summed E-state index contributed by atoms with van der Waals surface area (Å²) in [4.78, 5) is 0. The van der Waals surface area contributed by atoms with Crippen molar-refractivity contribution in [1.82, 2.24) is 5.32 Å². The molecule has 0 amide bonds. The lowest BCUT2D eigenvalue weighted by atomic mass is 10.1. The molecule has 0 radical (unpaired) electrons. The molecule has 0 aliphatic carbocycles. The number of benzene rings is 2. The van der Waals surface area contributed by atoms with Gasteiger partial charge in [-0.15, -0.1) is 12.4 Å². The molecular formula is C18H23Cl2NO. The van der Waals surface area contributed by atoms with Crippen molar-refractivity contribution in [3.05, 3.63) is 64.7 Å². The Kier molecular flexibility index (Phi) is 8.32. The molecule has 22 heavy (non-hydrogen) atoms. The van der Waals surface area contributed by atoms with Gasteiger partial charge in [-0.3, -0.25) is 0 Å². The normalized spacial score (nSPS) is 10.4. The van der Waals surface area contributed by atoms with Gasteiger partial charge in [-0.05, 0) is 36.2 Å². The topological polar surface area (TPSA) is 21.3 Å². The second-order valence-electron chi connectivity index (χ2n) is 5.55. The predicted octanol–water partition coefficient (Wildman–Crippen LogP) is 5.09. The van der Waals surface area contributed by atoms with Crippen LogP contribution in [-0.2, 0) is 13.2 Å². The first kappa shape index (κ1) is 18.8. The first-order valence-corrected chi connectivity index (χ1v) is 7.69. The molecule has 2 aromatic carbocycles. The van der Waals surface area contributed by atoms with Crippen LogP contribution in [0.1, 0.15) is 25.0 Å². The van der Waals surface area contributed by atoms with Crippen LogP contribution in [-0.4, -0.2) is 6.54 Å². The van der Waals surface area contributed by atoms with E-state index in [1.54, 1.807) is 0 Å². The van der Waals surface area contributed by atoms with E-state index in [2.05, 4.69) is 31.3 Å². The Morgan fingerprint density at radius 2 is 1.82 bits per heavy atom. The van der Waals surface area contributed by atoms with Crippen molar-refractivity contribution in [1.29, 1.82) is 0 Å². The third-order valence-electron chi connectivity index (χ3n) is 3.13. The predicted molar refractivity (Wildman–Crippen MR) is 96.0 cm³/mol. The zero-order chi connectivity index (χ0) is 15.1. The van der Waals surface area contributed by atoms with E-state index >= 15 is 0 Å². The molecule has 0 atom stereocenters. The second-order valence-corrected chi connectivity index (χ2v) is 5.99. The lowest BCUT2D eigenvalue weighted by Gasteiger charge is -2.14. The van der Waals surface area contributed by atoms with Gasteiger partial charge in [-0.25, -0.2) is 0 Å². The van der Waals surface area contributed by atoms with Gasteiger partial charge in [0, 0.05) is 17.1 Å². The summed E-state index contributed by atoms with van der Waals surface area (Å²) >= 11 is 6.09. The molecule has 2 nitrogen and oxygen atoms in total. The Balaban J connectivity index is 0.00000242. The minimum Gasteiger partial charge on any atom is -0.489 e. The fourth-order valence-corrected chi connectivity index (χ4v) is 2.25. The van der Waals surface area contributed by atoms with Crippen LogP contribution in [0.15, 0.2) is 48.5 Å². The summed E-state index contributed by atoms with van der Waals surface area (Å²) in [5.41, 5.74) is 2.26. The van der Waals surface area contributed by atoms with E-state index in [-0.39, 0.29) is 12.4 Å². The molecule has 0 aromatic heterocycles. The summed E-state index contributed by atoms with van der Waals surface area (Å²) in [6, 6.07) is 15.9. The van der Waals surface area contributed by atoms with E-state index in [1.807, 2.05) is 36.4 Å². The van der Waals surface area contributed by atoms with Gasteiger partial charge >= 0.3 is 0 Å². The minimum absolute atomic E-state index is 0. The Morgan fingerprint density at radius 1 is 1.09 bits per heavy atom. The molecule has 2 rings (SSSR count). The van der Waals surface area contributed by atoms with Crippen LogP contribution < -0.4 is 10.1 Å². The molecule has 0 saturated carbocycles. The Bertz CT molecular complexity index is 558. The average molecular weight is 340 g/mol. The van der Waals surface area contributed by atoms with Crippen LogP contribution in [0.4, 0.5) is 0 Å². The monoisotopic (exact) mass is 339 g/mol. The highest BCUT2D eigenvalue weighted by Gasteiger charge is 2.06. The molecule has 0 fully saturated rings. The average Bonchev–Trinajstić information content (AvgIpc) is 2.47. The van der Waals surface area contributed by atoms with Crippen LogP contribution in [0.2, 0.25) is 5.02 Å². The van der Waals surface area contributed by atoms with Gasteiger partial charge in [0.2, 0.25) is 0 Å². The van der Waals surface area contributed by atoms with Crippen LogP contribution in [0.25, 0.3) is 0 Å². The largest absolute Gasteiger partial charge is 0.489 e. The molecule has 4 heteroatoms. The van der Waals surface area contributed by atoms with E-state index in [9.17, 15) is 0 Å². The summed E-state index contributed by atoms with van der Waals surface area (Å²) in [6.45, 7) is 6.70. The molecule has 0 aliphatic heterocycles. The number of hydrogen-bond donors (Lipinski definition) is 1. The van der Waals surface area contributed by atoms with Gasteiger partial charge in [0.25, 0.3) is 0 Å². The van der Waals surface area contributed by atoms with Gasteiger partial charge in [0.05, 0.1) is 0 Å². The molecule has 1 N–H and O–H groups in total. The number of hydrogen-bond acceptors (Lipinski definition) is 2. The molecule has 120 valence electrons. The van der Waals surface area contributed by atoms with Crippen LogP contribution >= 0.6 is 24.0 Å².